The second-order valence-electron chi connectivity index (χ2n) is 9.46. The molecule has 1 N–H and O–H groups in total. The van der Waals surface area contributed by atoms with Crippen LogP contribution in [0.4, 0.5) is 10.1 Å². The van der Waals surface area contributed by atoms with E-state index in [1.807, 2.05) is 18.2 Å². The van der Waals surface area contributed by atoms with Crippen LogP contribution >= 0.6 is 34.8 Å². The lowest BCUT2D eigenvalue weighted by atomic mass is 10.0. The molecule has 0 spiro atoms. The highest BCUT2D eigenvalue weighted by atomic mass is 35.5. The number of rotatable bonds is 11. The lowest BCUT2D eigenvalue weighted by Crippen LogP contribution is -2.53. The van der Waals surface area contributed by atoms with Crippen molar-refractivity contribution >= 4 is 62.3 Å². The van der Waals surface area contributed by atoms with E-state index in [-0.39, 0.29) is 38.6 Å². The lowest BCUT2D eigenvalue weighted by Gasteiger charge is -2.34. The van der Waals surface area contributed by atoms with Crippen LogP contribution in [0.3, 0.4) is 0 Å². The number of likely N-dealkylation sites (N-methyl/N-ethyl adjacent to an activating group) is 1. The molecule has 0 saturated heterocycles. The van der Waals surface area contributed by atoms with Crippen LogP contribution in [0.5, 0.6) is 0 Å². The molecular formula is C31H27Cl3FN3O4S. The number of hydrogen-bond donors (Lipinski definition) is 1. The molecular weight excluding hydrogens is 636 g/mol. The Balaban J connectivity index is 1.83. The zero-order chi connectivity index (χ0) is 31.1. The Morgan fingerprint density at radius 3 is 2.02 bits per heavy atom. The first-order valence-electron chi connectivity index (χ1n) is 13.0. The van der Waals surface area contributed by atoms with Crippen LogP contribution in [0, 0.1) is 5.82 Å². The normalized spacial score (nSPS) is 11.9. The molecule has 4 aromatic rings. The Kier molecular flexibility index (Phi) is 10.7. The Labute approximate surface area is 264 Å². The number of halogens is 4. The van der Waals surface area contributed by atoms with Gasteiger partial charge < -0.3 is 10.2 Å². The third-order valence-electron chi connectivity index (χ3n) is 6.71. The van der Waals surface area contributed by atoms with Crippen molar-refractivity contribution in [1.82, 2.24) is 10.2 Å². The van der Waals surface area contributed by atoms with E-state index in [9.17, 15) is 22.4 Å². The number of carbonyl (C=O) groups is 2. The van der Waals surface area contributed by atoms with Gasteiger partial charge in [0.1, 0.15) is 18.4 Å². The minimum atomic E-state index is -4.36. The highest BCUT2D eigenvalue weighted by Crippen LogP contribution is 2.30. The van der Waals surface area contributed by atoms with Crippen molar-refractivity contribution < 1.29 is 22.4 Å². The maximum atomic E-state index is 14.3. The Morgan fingerprint density at radius 2 is 1.44 bits per heavy atom. The molecule has 0 unspecified atom stereocenters. The number of anilines is 1. The molecule has 0 radical (unpaired) electrons. The summed E-state index contributed by atoms with van der Waals surface area (Å²) in [6, 6.07) is 23.7. The van der Waals surface area contributed by atoms with Crippen LogP contribution in [-0.2, 0) is 32.6 Å². The minimum absolute atomic E-state index is 0.0427. The first kappa shape index (κ1) is 32.3. The van der Waals surface area contributed by atoms with Gasteiger partial charge in [0.2, 0.25) is 11.8 Å². The molecule has 0 aliphatic carbocycles. The largest absolute Gasteiger partial charge is 0.357 e. The fourth-order valence-corrected chi connectivity index (χ4v) is 6.58. The highest BCUT2D eigenvalue weighted by Gasteiger charge is 2.35. The van der Waals surface area contributed by atoms with E-state index >= 15 is 0 Å². The molecule has 1 atom stereocenters. The average Bonchev–Trinajstić information content (AvgIpc) is 3.00. The van der Waals surface area contributed by atoms with Crippen molar-refractivity contribution in [2.45, 2.75) is 23.9 Å². The van der Waals surface area contributed by atoms with Crippen LogP contribution in [-0.4, -0.2) is 44.8 Å². The van der Waals surface area contributed by atoms with Gasteiger partial charge in [-0.2, -0.15) is 0 Å². The number of hydrogen-bond acceptors (Lipinski definition) is 4. The standard InChI is InChI=1S/C31H27Cl3FN3O4S/c1-36-31(40)29(17-21-9-4-2-5-10-21)37(19-24-25(32)13-8-14-26(24)33)30(39)20-38(22-15-16-28(35)27(34)18-22)43(41,42)23-11-6-3-7-12-23/h2-16,18,29H,17,19-20H2,1H3,(H,36,40)/t29-/m0/s1. The lowest BCUT2D eigenvalue weighted by molar-refractivity contribution is -0.139. The van der Waals surface area contributed by atoms with Crippen molar-refractivity contribution in [1.29, 1.82) is 0 Å². The SMILES string of the molecule is CNC(=O)[C@H](Cc1ccccc1)N(Cc1c(Cl)cccc1Cl)C(=O)CN(c1ccc(F)c(Cl)c1)S(=O)(=O)c1ccccc1. The van der Waals surface area contributed by atoms with Gasteiger partial charge in [-0.05, 0) is 48.0 Å². The van der Waals surface area contributed by atoms with Crippen molar-refractivity contribution in [3.8, 4) is 0 Å². The Morgan fingerprint density at radius 1 is 0.837 bits per heavy atom. The van der Waals surface area contributed by atoms with E-state index in [4.69, 9.17) is 34.8 Å². The monoisotopic (exact) mass is 661 g/mol. The van der Waals surface area contributed by atoms with Crippen molar-refractivity contribution in [3.63, 3.8) is 0 Å². The zero-order valence-corrected chi connectivity index (χ0v) is 26.0. The first-order chi connectivity index (χ1) is 20.5. The molecule has 7 nitrogen and oxygen atoms in total. The van der Waals surface area contributed by atoms with Gasteiger partial charge in [-0.1, -0.05) is 89.4 Å². The van der Waals surface area contributed by atoms with Crippen molar-refractivity contribution in [3.05, 3.63) is 129 Å². The van der Waals surface area contributed by atoms with E-state index in [0.29, 0.717) is 5.56 Å². The molecule has 0 aliphatic heterocycles. The third-order valence-corrected chi connectivity index (χ3v) is 9.49. The summed E-state index contributed by atoms with van der Waals surface area (Å²) in [5, 5.41) is 2.80. The smallest absolute Gasteiger partial charge is 0.264 e. The average molecular weight is 663 g/mol. The molecule has 0 bridgehead atoms. The molecule has 4 aromatic carbocycles. The fourth-order valence-electron chi connectivity index (χ4n) is 4.46. The number of benzene rings is 4. The van der Waals surface area contributed by atoms with Gasteiger partial charge in [0.25, 0.3) is 10.0 Å². The van der Waals surface area contributed by atoms with Gasteiger partial charge in [-0.3, -0.25) is 13.9 Å². The maximum Gasteiger partial charge on any atom is 0.264 e. The van der Waals surface area contributed by atoms with Gasteiger partial charge in [-0.25, -0.2) is 12.8 Å². The summed E-state index contributed by atoms with van der Waals surface area (Å²) in [6.45, 7) is -0.949. The van der Waals surface area contributed by atoms with E-state index in [2.05, 4.69) is 5.32 Å². The number of sulfonamides is 1. The number of carbonyl (C=O) groups excluding carboxylic acids is 2. The second-order valence-corrected chi connectivity index (χ2v) is 12.5. The quantitative estimate of drug-likeness (QED) is 0.202. The topological polar surface area (TPSA) is 86.8 Å². The molecule has 224 valence electrons. The van der Waals surface area contributed by atoms with E-state index in [1.165, 1.54) is 42.3 Å². The van der Waals surface area contributed by atoms with Crippen molar-refractivity contribution in [2.75, 3.05) is 17.9 Å². The predicted molar refractivity (Wildman–Crippen MR) is 167 cm³/mol. The van der Waals surface area contributed by atoms with Gasteiger partial charge in [0, 0.05) is 35.6 Å². The molecule has 4 rings (SSSR count). The van der Waals surface area contributed by atoms with Crippen LogP contribution in [0.2, 0.25) is 15.1 Å². The van der Waals surface area contributed by atoms with Gasteiger partial charge >= 0.3 is 0 Å². The molecule has 12 heteroatoms. The number of amides is 2. The molecule has 0 aliphatic rings. The fraction of sp³-hybridized carbons (Fsp3) is 0.161. The molecule has 0 saturated carbocycles. The van der Waals surface area contributed by atoms with Crippen molar-refractivity contribution in [2.24, 2.45) is 0 Å². The number of nitrogens with one attached hydrogen (secondary N) is 1. The summed E-state index contributed by atoms with van der Waals surface area (Å²) in [4.78, 5) is 28.7. The van der Waals surface area contributed by atoms with E-state index in [1.54, 1.807) is 36.4 Å². The summed E-state index contributed by atoms with van der Waals surface area (Å²) in [6.07, 6.45) is 0.113. The molecule has 2 amide bonds. The molecule has 0 aromatic heterocycles. The van der Waals surface area contributed by atoms with Crippen LogP contribution in [0.25, 0.3) is 0 Å². The van der Waals surface area contributed by atoms with E-state index in [0.717, 1.165) is 22.0 Å². The minimum Gasteiger partial charge on any atom is -0.357 e. The molecule has 0 fully saturated rings. The van der Waals surface area contributed by atoms with Crippen LogP contribution in [0.1, 0.15) is 11.1 Å². The summed E-state index contributed by atoms with van der Waals surface area (Å²) >= 11 is 18.9. The Hall–Kier alpha value is -3.63. The van der Waals surface area contributed by atoms with E-state index < -0.39 is 40.2 Å². The highest BCUT2D eigenvalue weighted by molar-refractivity contribution is 7.92. The van der Waals surface area contributed by atoms with Gasteiger partial charge in [-0.15, -0.1) is 0 Å². The van der Waals surface area contributed by atoms with Gasteiger partial charge in [0.15, 0.2) is 0 Å². The second kappa shape index (κ2) is 14.2. The van der Waals surface area contributed by atoms with Crippen LogP contribution in [0.15, 0.2) is 102 Å². The summed E-state index contributed by atoms with van der Waals surface area (Å²) in [5.74, 6) is -1.98. The van der Waals surface area contributed by atoms with Crippen LogP contribution < -0.4 is 9.62 Å². The molecule has 43 heavy (non-hydrogen) atoms. The molecule has 0 heterocycles. The summed E-state index contributed by atoms with van der Waals surface area (Å²) in [7, 11) is -2.92. The number of nitrogens with zero attached hydrogens (tertiary/aromatic N) is 2. The van der Waals surface area contributed by atoms with Gasteiger partial charge in [0.05, 0.1) is 15.6 Å². The third kappa shape index (κ3) is 7.67. The maximum absolute atomic E-state index is 14.3. The summed E-state index contributed by atoms with van der Waals surface area (Å²) in [5.41, 5.74) is 1.10. The first-order valence-corrected chi connectivity index (χ1v) is 15.6. The predicted octanol–water partition coefficient (Wildman–Crippen LogP) is 6.37. The summed E-state index contributed by atoms with van der Waals surface area (Å²) < 4.78 is 42.7. The zero-order valence-electron chi connectivity index (χ0n) is 22.9. The Bertz CT molecular complexity index is 1690.